The van der Waals surface area contributed by atoms with E-state index < -0.39 is 11.9 Å². The lowest BCUT2D eigenvalue weighted by Gasteiger charge is -2.35. The van der Waals surface area contributed by atoms with E-state index in [1.807, 2.05) is 12.3 Å². The van der Waals surface area contributed by atoms with Crippen molar-refractivity contribution in [2.24, 2.45) is 0 Å². The van der Waals surface area contributed by atoms with Gasteiger partial charge in [-0.05, 0) is 19.2 Å². The minimum atomic E-state index is -4.54. The van der Waals surface area contributed by atoms with Gasteiger partial charge in [-0.15, -0.1) is 0 Å². The van der Waals surface area contributed by atoms with Gasteiger partial charge in [-0.25, -0.2) is 9.97 Å². The first-order valence-electron chi connectivity index (χ1n) is 9.01. The van der Waals surface area contributed by atoms with Gasteiger partial charge in [0.05, 0.1) is 17.3 Å². The van der Waals surface area contributed by atoms with Crippen LogP contribution in [0.2, 0.25) is 5.02 Å². The van der Waals surface area contributed by atoms with E-state index in [-0.39, 0.29) is 5.02 Å². The Balaban J connectivity index is 1.53. The highest BCUT2D eigenvalue weighted by atomic mass is 35.5. The van der Waals surface area contributed by atoms with Crippen LogP contribution >= 0.6 is 35.1 Å². The summed E-state index contributed by atoms with van der Waals surface area (Å²) in [6.07, 6.45) is -0.720. The fourth-order valence-electron chi connectivity index (χ4n) is 3.05. The SMILES string of the molecule is CSCSc1nccc(N2CCN(CCn3nc(C(F)(F)F)c(Cl)c3C)CC2)n1. The largest absolute Gasteiger partial charge is 0.436 e. The first-order chi connectivity index (χ1) is 13.8. The molecular weight excluding hydrogens is 445 g/mol. The standard InChI is InChI=1S/C17H22ClF3N6S2/c1-12-14(18)15(17(19,20)21)24-27(12)10-7-25-5-8-26(9-6-25)13-3-4-22-16(23-13)29-11-28-2/h3-4H,5-11H2,1-2H3. The molecule has 2 aromatic rings. The Morgan fingerprint density at radius 3 is 2.52 bits per heavy atom. The van der Waals surface area contributed by atoms with Crippen molar-refractivity contribution >= 4 is 40.9 Å². The van der Waals surface area contributed by atoms with Crippen LogP contribution in [-0.2, 0) is 12.7 Å². The second-order valence-corrected chi connectivity index (χ2v) is 9.10. The van der Waals surface area contributed by atoms with Crippen LogP contribution in [0.4, 0.5) is 19.0 Å². The Morgan fingerprint density at radius 2 is 1.90 bits per heavy atom. The number of rotatable bonds is 7. The van der Waals surface area contributed by atoms with Crippen molar-refractivity contribution in [2.75, 3.05) is 49.0 Å². The summed E-state index contributed by atoms with van der Waals surface area (Å²) in [4.78, 5) is 13.3. The summed E-state index contributed by atoms with van der Waals surface area (Å²) in [5.41, 5.74) is -0.672. The van der Waals surface area contributed by atoms with E-state index in [1.54, 1.807) is 36.6 Å². The van der Waals surface area contributed by atoms with Crippen LogP contribution < -0.4 is 4.90 Å². The highest BCUT2D eigenvalue weighted by Crippen LogP contribution is 2.35. The number of piperazine rings is 1. The molecule has 0 bridgehead atoms. The third-order valence-electron chi connectivity index (χ3n) is 4.65. The van der Waals surface area contributed by atoms with Gasteiger partial charge in [0.2, 0.25) is 0 Å². The molecule has 3 heterocycles. The fourth-order valence-corrected chi connectivity index (χ4v) is 4.48. The minimum absolute atomic E-state index is 0.318. The molecule has 0 unspecified atom stereocenters. The molecule has 29 heavy (non-hydrogen) atoms. The first-order valence-corrected chi connectivity index (χ1v) is 11.8. The Bertz CT molecular complexity index is 824. The van der Waals surface area contributed by atoms with Crippen LogP contribution in [0, 0.1) is 6.92 Å². The zero-order valence-electron chi connectivity index (χ0n) is 16.1. The number of alkyl halides is 3. The van der Waals surface area contributed by atoms with Crippen LogP contribution in [0.1, 0.15) is 11.4 Å². The summed E-state index contributed by atoms with van der Waals surface area (Å²) in [5, 5.41) is 5.02. The van der Waals surface area contributed by atoms with Gasteiger partial charge < -0.3 is 4.90 Å². The first kappa shape index (κ1) is 22.5. The maximum absolute atomic E-state index is 12.9. The highest BCUT2D eigenvalue weighted by Gasteiger charge is 2.38. The van der Waals surface area contributed by atoms with Crippen LogP contribution in [-0.4, -0.2) is 68.7 Å². The lowest BCUT2D eigenvalue weighted by Crippen LogP contribution is -2.47. The third kappa shape index (κ3) is 5.71. The van der Waals surface area contributed by atoms with E-state index in [0.717, 1.165) is 42.2 Å². The van der Waals surface area contributed by atoms with Gasteiger partial charge in [-0.2, -0.15) is 30.0 Å². The molecule has 12 heteroatoms. The molecule has 0 atom stereocenters. The fraction of sp³-hybridized carbons (Fsp3) is 0.588. The van der Waals surface area contributed by atoms with E-state index in [0.29, 0.717) is 18.8 Å². The summed E-state index contributed by atoms with van der Waals surface area (Å²) < 4.78 is 40.2. The maximum atomic E-state index is 12.9. The monoisotopic (exact) mass is 466 g/mol. The number of hydrogen-bond donors (Lipinski definition) is 0. The van der Waals surface area contributed by atoms with Crippen molar-refractivity contribution in [2.45, 2.75) is 24.8 Å². The van der Waals surface area contributed by atoms with E-state index in [2.05, 4.69) is 24.9 Å². The molecular formula is C17H22ClF3N6S2. The molecule has 0 aliphatic carbocycles. The highest BCUT2D eigenvalue weighted by molar-refractivity contribution is 8.15. The van der Waals surface area contributed by atoms with Crippen molar-refractivity contribution in [3.63, 3.8) is 0 Å². The van der Waals surface area contributed by atoms with Crippen LogP contribution in [0.25, 0.3) is 0 Å². The van der Waals surface area contributed by atoms with Gasteiger partial charge >= 0.3 is 6.18 Å². The number of nitrogens with zero attached hydrogens (tertiary/aromatic N) is 6. The zero-order valence-corrected chi connectivity index (χ0v) is 18.5. The number of thioether (sulfide) groups is 2. The van der Waals surface area contributed by atoms with Gasteiger partial charge in [0.15, 0.2) is 10.9 Å². The van der Waals surface area contributed by atoms with Crippen molar-refractivity contribution in [3.8, 4) is 0 Å². The molecule has 3 rings (SSSR count). The molecule has 0 amide bonds. The molecule has 1 fully saturated rings. The second-order valence-electron chi connectivity index (χ2n) is 6.55. The van der Waals surface area contributed by atoms with Crippen molar-refractivity contribution < 1.29 is 13.2 Å². The normalized spacial score (nSPS) is 15.9. The molecule has 1 aliphatic heterocycles. The molecule has 0 saturated carbocycles. The summed E-state index contributed by atoms with van der Waals surface area (Å²) in [6, 6.07) is 1.91. The number of anilines is 1. The number of hydrogen-bond acceptors (Lipinski definition) is 7. The average Bonchev–Trinajstić information content (AvgIpc) is 3.00. The Morgan fingerprint density at radius 1 is 1.17 bits per heavy atom. The Hall–Kier alpha value is -1.17. The molecule has 0 aromatic carbocycles. The van der Waals surface area contributed by atoms with E-state index >= 15 is 0 Å². The predicted molar refractivity (Wildman–Crippen MR) is 112 cm³/mol. The second kappa shape index (κ2) is 9.76. The lowest BCUT2D eigenvalue weighted by atomic mass is 10.3. The molecule has 1 aliphatic rings. The van der Waals surface area contributed by atoms with E-state index in [4.69, 9.17) is 11.6 Å². The van der Waals surface area contributed by atoms with Crippen LogP contribution in [0.3, 0.4) is 0 Å². The van der Waals surface area contributed by atoms with Gasteiger partial charge in [-0.1, -0.05) is 23.4 Å². The number of aromatic nitrogens is 4. The summed E-state index contributed by atoms with van der Waals surface area (Å²) >= 11 is 9.16. The summed E-state index contributed by atoms with van der Waals surface area (Å²) in [7, 11) is 0. The molecule has 1 saturated heterocycles. The molecule has 0 N–H and O–H groups in total. The quantitative estimate of drug-likeness (QED) is 0.348. The van der Waals surface area contributed by atoms with E-state index in [1.165, 1.54) is 4.68 Å². The van der Waals surface area contributed by atoms with Crippen LogP contribution in [0.5, 0.6) is 0 Å². The predicted octanol–water partition coefficient (Wildman–Crippen LogP) is 3.89. The lowest BCUT2D eigenvalue weighted by molar-refractivity contribution is -0.141. The molecule has 6 nitrogen and oxygen atoms in total. The molecule has 0 radical (unpaired) electrons. The van der Waals surface area contributed by atoms with Crippen molar-refractivity contribution in [3.05, 3.63) is 28.7 Å². The number of halogens is 4. The molecule has 0 spiro atoms. The average molecular weight is 467 g/mol. The summed E-state index contributed by atoms with van der Waals surface area (Å²) in [6.45, 7) is 5.75. The maximum Gasteiger partial charge on any atom is 0.436 e. The van der Waals surface area contributed by atoms with Gasteiger partial charge in [0.1, 0.15) is 5.82 Å². The van der Waals surface area contributed by atoms with Gasteiger partial charge in [0.25, 0.3) is 0 Å². The van der Waals surface area contributed by atoms with Crippen molar-refractivity contribution in [1.82, 2.24) is 24.6 Å². The summed E-state index contributed by atoms with van der Waals surface area (Å²) in [5.74, 6) is 0.910. The Kier molecular flexibility index (Phi) is 7.58. The molecule has 160 valence electrons. The van der Waals surface area contributed by atoms with E-state index in [9.17, 15) is 13.2 Å². The smallest absolute Gasteiger partial charge is 0.354 e. The minimum Gasteiger partial charge on any atom is -0.354 e. The van der Waals surface area contributed by atoms with Crippen LogP contribution in [0.15, 0.2) is 17.4 Å². The molecule has 2 aromatic heterocycles. The topological polar surface area (TPSA) is 50.1 Å². The van der Waals surface area contributed by atoms with Gasteiger partial charge in [-0.3, -0.25) is 9.58 Å². The zero-order chi connectivity index (χ0) is 21.0. The van der Waals surface area contributed by atoms with Gasteiger partial charge in [0, 0.05) is 44.0 Å². The Labute approximate surface area is 181 Å². The van der Waals surface area contributed by atoms with Crippen molar-refractivity contribution in [1.29, 1.82) is 0 Å². The third-order valence-corrected chi connectivity index (χ3v) is 6.97.